The van der Waals surface area contributed by atoms with E-state index in [4.69, 9.17) is 4.74 Å². The predicted octanol–water partition coefficient (Wildman–Crippen LogP) is 1.55. The lowest BCUT2D eigenvalue weighted by Crippen LogP contribution is -2.49. The van der Waals surface area contributed by atoms with Crippen LogP contribution in [0.1, 0.15) is 24.5 Å². The van der Waals surface area contributed by atoms with Crippen LogP contribution in [0.3, 0.4) is 0 Å². The first-order chi connectivity index (χ1) is 10.7. The molecule has 4 nitrogen and oxygen atoms in total. The van der Waals surface area contributed by atoms with Crippen molar-refractivity contribution in [3.8, 4) is 5.75 Å². The topological polar surface area (TPSA) is 35.9 Å². The maximum atomic E-state index is 10.2. The number of ether oxygens (including phenoxy) is 1. The Morgan fingerprint density at radius 3 is 2.59 bits per heavy atom. The summed E-state index contributed by atoms with van der Waals surface area (Å²) in [5, 5.41) is 10.2. The molecule has 2 aliphatic rings. The van der Waals surface area contributed by atoms with Crippen LogP contribution < -0.4 is 4.74 Å². The molecule has 1 aromatic carbocycles. The van der Waals surface area contributed by atoms with Crippen molar-refractivity contribution in [2.24, 2.45) is 0 Å². The molecule has 1 atom stereocenters. The number of likely N-dealkylation sites (N-methyl/N-ethyl adjacent to an activating group) is 1. The average Bonchev–Trinajstić information content (AvgIpc) is 3.01. The molecule has 0 aromatic heterocycles. The summed E-state index contributed by atoms with van der Waals surface area (Å²) in [6.45, 7) is 8.72. The van der Waals surface area contributed by atoms with Crippen molar-refractivity contribution >= 4 is 0 Å². The third kappa shape index (κ3) is 4.00. The molecule has 0 radical (unpaired) electrons. The van der Waals surface area contributed by atoms with Gasteiger partial charge < -0.3 is 14.7 Å². The summed E-state index contributed by atoms with van der Waals surface area (Å²) in [4.78, 5) is 4.78. The number of rotatable bonds is 6. The molecule has 4 heteroatoms. The molecule has 0 amide bonds. The molecule has 1 aromatic rings. The van der Waals surface area contributed by atoms with Gasteiger partial charge in [0.15, 0.2) is 0 Å². The molecule has 1 saturated heterocycles. The molecule has 3 rings (SSSR count). The molecular formula is C18H28N2O2. The van der Waals surface area contributed by atoms with Crippen molar-refractivity contribution in [2.45, 2.75) is 32.3 Å². The third-order valence-corrected chi connectivity index (χ3v) is 4.89. The van der Waals surface area contributed by atoms with Crippen LogP contribution in [0.5, 0.6) is 5.75 Å². The lowest BCUT2D eigenvalue weighted by atomic mass is 10.1. The molecule has 1 heterocycles. The number of benzene rings is 1. The number of aryl methyl sites for hydroxylation is 2. The van der Waals surface area contributed by atoms with Crippen LogP contribution in [0.25, 0.3) is 0 Å². The smallest absolute Gasteiger partial charge is 0.119 e. The van der Waals surface area contributed by atoms with Gasteiger partial charge in [-0.2, -0.15) is 0 Å². The van der Waals surface area contributed by atoms with Gasteiger partial charge in [-0.15, -0.1) is 0 Å². The van der Waals surface area contributed by atoms with Crippen LogP contribution in [0.15, 0.2) is 18.2 Å². The molecule has 0 bridgehead atoms. The number of hydrogen-bond donors (Lipinski definition) is 1. The van der Waals surface area contributed by atoms with E-state index in [0.717, 1.165) is 44.9 Å². The maximum Gasteiger partial charge on any atom is 0.119 e. The molecular weight excluding hydrogens is 276 g/mol. The largest absolute Gasteiger partial charge is 0.491 e. The quantitative estimate of drug-likeness (QED) is 0.865. The van der Waals surface area contributed by atoms with Crippen molar-refractivity contribution in [1.29, 1.82) is 0 Å². The SMILES string of the molecule is CCN1CCN(C[C@H](O)COc2ccc3c(c2)CCC3)CC1. The number of piperazine rings is 1. The first kappa shape index (κ1) is 15.8. The van der Waals surface area contributed by atoms with Gasteiger partial charge in [0.2, 0.25) is 0 Å². The summed E-state index contributed by atoms with van der Waals surface area (Å²) in [7, 11) is 0. The second kappa shape index (κ2) is 7.44. The monoisotopic (exact) mass is 304 g/mol. The van der Waals surface area contributed by atoms with E-state index in [2.05, 4.69) is 28.9 Å². The van der Waals surface area contributed by atoms with Crippen LogP contribution in [-0.2, 0) is 12.8 Å². The molecule has 0 unspecified atom stereocenters. The van der Waals surface area contributed by atoms with E-state index >= 15 is 0 Å². The Hall–Kier alpha value is -1.10. The maximum absolute atomic E-state index is 10.2. The van der Waals surface area contributed by atoms with Gasteiger partial charge in [-0.3, -0.25) is 4.90 Å². The average molecular weight is 304 g/mol. The third-order valence-electron chi connectivity index (χ3n) is 4.89. The lowest BCUT2D eigenvalue weighted by molar-refractivity contribution is 0.0471. The summed E-state index contributed by atoms with van der Waals surface area (Å²) in [6, 6.07) is 6.36. The van der Waals surface area contributed by atoms with E-state index in [1.807, 2.05) is 6.07 Å². The van der Waals surface area contributed by atoms with Gasteiger partial charge in [0.1, 0.15) is 18.5 Å². The van der Waals surface area contributed by atoms with E-state index in [0.29, 0.717) is 13.2 Å². The van der Waals surface area contributed by atoms with E-state index in [1.54, 1.807) is 0 Å². The number of aliphatic hydroxyl groups excluding tert-OH is 1. The molecule has 1 aliphatic heterocycles. The summed E-state index contributed by atoms with van der Waals surface area (Å²) in [5.74, 6) is 0.899. The zero-order valence-corrected chi connectivity index (χ0v) is 13.6. The van der Waals surface area contributed by atoms with Crippen LogP contribution in [-0.4, -0.2) is 66.9 Å². The highest BCUT2D eigenvalue weighted by Crippen LogP contribution is 2.26. The zero-order chi connectivity index (χ0) is 15.4. The minimum Gasteiger partial charge on any atom is -0.491 e. The highest BCUT2D eigenvalue weighted by atomic mass is 16.5. The number of nitrogens with zero attached hydrogens (tertiary/aromatic N) is 2. The van der Waals surface area contributed by atoms with Crippen molar-refractivity contribution < 1.29 is 9.84 Å². The Morgan fingerprint density at radius 2 is 1.82 bits per heavy atom. The van der Waals surface area contributed by atoms with Crippen molar-refractivity contribution in [1.82, 2.24) is 9.80 Å². The second-order valence-electron chi connectivity index (χ2n) is 6.48. The van der Waals surface area contributed by atoms with E-state index in [9.17, 15) is 5.11 Å². The van der Waals surface area contributed by atoms with Gasteiger partial charge in [-0.05, 0) is 49.1 Å². The van der Waals surface area contributed by atoms with Gasteiger partial charge in [0, 0.05) is 32.7 Å². The Labute approximate surface area is 133 Å². The minimum absolute atomic E-state index is 0.382. The van der Waals surface area contributed by atoms with E-state index < -0.39 is 6.10 Å². The Bertz CT molecular complexity index is 484. The summed E-state index contributed by atoms with van der Waals surface area (Å²) >= 11 is 0. The molecule has 1 fully saturated rings. The number of fused-ring (bicyclic) bond motifs is 1. The van der Waals surface area contributed by atoms with Crippen molar-refractivity contribution in [3.63, 3.8) is 0 Å². The predicted molar refractivity (Wildman–Crippen MR) is 88.5 cm³/mol. The summed E-state index contributed by atoms with van der Waals surface area (Å²) in [5.41, 5.74) is 2.88. The fourth-order valence-electron chi connectivity index (χ4n) is 3.47. The normalized spacial score (nSPS) is 20.8. The second-order valence-corrected chi connectivity index (χ2v) is 6.48. The van der Waals surface area contributed by atoms with Crippen molar-refractivity contribution in [3.05, 3.63) is 29.3 Å². The minimum atomic E-state index is -0.415. The Balaban J connectivity index is 1.42. The van der Waals surface area contributed by atoms with Gasteiger partial charge in [0.25, 0.3) is 0 Å². The molecule has 22 heavy (non-hydrogen) atoms. The highest BCUT2D eigenvalue weighted by Gasteiger charge is 2.18. The number of β-amino-alcohol motifs (C(OH)–C–C–N with tert-alkyl or cyclic N) is 1. The Morgan fingerprint density at radius 1 is 1.09 bits per heavy atom. The van der Waals surface area contributed by atoms with Gasteiger partial charge >= 0.3 is 0 Å². The molecule has 1 N–H and O–H groups in total. The summed E-state index contributed by atoms with van der Waals surface area (Å²) in [6.07, 6.45) is 3.20. The fourth-order valence-corrected chi connectivity index (χ4v) is 3.47. The molecule has 122 valence electrons. The van der Waals surface area contributed by atoms with Crippen LogP contribution >= 0.6 is 0 Å². The molecule has 0 spiro atoms. The van der Waals surface area contributed by atoms with Crippen molar-refractivity contribution in [2.75, 3.05) is 45.9 Å². The van der Waals surface area contributed by atoms with Gasteiger partial charge in [0.05, 0.1) is 0 Å². The molecule has 0 saturated carbocycles. The standard InChI is InChI=1S/C18H28N2O2/c1-2-19-8-10-20(11-9-19)13-17(21)14-22-18-7-6-15-4-3-5-16(15)12-18/h6-7,12,17,21H,2-5,8-11,13-14H2,1H3/t17-/m0/s1. The van der Waals surface area contributed by atoms with E-state index in [1.165, 1.54) is 24.0 Å². The van der Waals surface area contributed by atoms with Gasteiger partial charge in [-0.1, -0.05) is 13.0 Å². The van der Waals surface area contributed by atoms with E-state index in [-0.39, 0.29) is 0 Å². The zero-order valence-electron chi connectivity index (χ0n) is 13.6. The van der Waals surface area contributed by atoms with Crippen LogP contribution in [0.4, 0.5) is 0 Å². The Kier molecular flexibility index (Phi) is 5.34. The fraction of sp³-hybridized carbons (Fsp3) is 0.667. The van der Waals surface area contributed by atoms with Crippen LogP contribution in [0, 0.1) is 0 Å². The first-order valence-electron chi connectivity index (χ1n) is 8.62. The molecule has 1 aliphatic carbocycles. The van der Waals surface area contributed by atoms with Gasteiger partial charge in [-0.25, -0.2) is 0 Å². The summed E-state index contributed by atoms with van der Waals surface area (Å²) < 4.78 is 5.79. The highest BCUT2D eigenvalue weighted by molar-refractivity contribution is 5.38. The first-order valence-corrected chi connectivity index (χ1v) is 8.62. The lowest BCUT2D eigenvalue weighted by Gasteiger charge is -2.34. The number of hydrogen-bond acceptors (Lipinski definition) is 4. The number of aliphatic hydroxyl groups is 1. The van der Waals surface area contributed by atoms with Crippen LogP contribution in [0.2, 0.25) is 0 Å².